The molecule has 0 aliphatic heterocycles. The Bertz CT molecular complexity index is 658. The van der Waals surface area contributed by atoms with Crippen LogP contribution in [0.25, 0.3) is 10.8 Å². The van der Waals surface area contributed by atoms with E-state index >= 15 is 0 Å². The molecule has 2 aromatic heterocycles. The fourth-order valence-electron chi connectivity index (χ4n) is 1.73. The van der Waals surface area contributed by atoms with Crippen molar-refractivity contribution in [3.8, 4) is 0 Å². The molecule has 0 saturated carbocycles. The predicted molar refractivity (Wildman–Crippen MR) is 75.0 cm³/mol. The summed E-state index contributed by atoms with van der Waals surface area (Å²) in [6, 6.07) is 3.72. The van der Waals surface area contributed by atoms with E-state index in [1.807, 2.05) is 32.1 Å². The van der Waals surface area contributed by atoms with Crippen molar-refractivity contribution in [1.29, 1.82) is 0 Å². The number of fused-ring (bicyclic) bond motifs is 1. The van der Waals surface area contributed by atoms with Gasteiger partial charge in [-0.3, -0.25) is 4.79 Å². The van der Waals surface area contributed by atoms with Gasteiger partial charge in [0, 0.05) is 18.9 Å². The lowest BCUT2D eigenvalue weighted by atomic mass is 10.2. The summed E-state index contributed by atoms with van der Waals surface area (Å²) in [5.41, 5.74) is 0.868. The van der Waals surface area contributed by atoms with E-state index in [-0.39, 0.29) is 5.56 Å². The lowest BCUT2D eigenvalue weighted by molar-refractivity contribution is 1.22. The number of aromatic amines is 1. The Balaban J connectivity index is 2.64. The molecule has 0 spiro atoms. The van der Waals surface area contributed by atoms with Crippen molar-refractivity contribution in [2.45, 2.75) is 13.8 Å². The van der Waals surface area contributed by atoms with Crippen molar-refractivity contribution in [1.82, 2.24) is 9.97 Å². The first-order chi connectivity index (χ1) is 8.65. The number of H-pyrrole nitrogens is 1. The number of anilines is 2. The fourth-order valence-corrected chi connectivity index (χ4v) is 1.73. The molecule has 2 aromatic rings. The molecule has 0 fully saturated rings. The Morgan fingerprint density at radius 3 is 2.94 bits per heavy atom. The molecule has 5 heteroatoms. The predicted octanol–water partition coefficient (Wildman–Crippen LogP) is 2.30. The summed E-state index contributed by atoms with van der Waals surface area (Å²) in [7, 11) is 1.75. The van der Waals surface area contributed by atoms with E-state index in [0.29, 0.717) is 17.0 Å². The highest BCUT2D eigenvalue weighted by Crippen LogP contribution is 2.21. The zero-order chi connectivity index (χ0) is 13.1. The summed E-state index contributed by atoms with van der Waals surface area (Å²) < 4.78 is 0. The second-order valence-corrected chi connectivity index (χ2v) is 3.97. The number of nitrogens with zero attached hydrogens (tertiary/aromatic N) is 1. The third-order valence-electron chi connectivity index (χ3n) is 2.75. The molecule has 0 unspecified atom stereocenters. The molecule has 0 aliphatic carbocycles. The number of hydrogen-bond acceptors (Lipinski definition) is 4. The number of nitrogens with one attached hydrogen (secondary N) is 3. The molecule has 2 rings (SSSR count). The van der Waals surface area contributed by atoms with Crippen molar-refractivity contribution < 1.29 is 0 Å². The quantitative estimate of drug-likeness (QED) is 0.774. The number of pyridine rings is 2. The summed E-state index contributed by atoms with van der Waals surface area (Å²) >= 11 is 0. The highest BCUT2D eigenvalue weighted by atomic mass is 16.1. The van der Waals surface area contributed by atoms with Crippen molar-refractivity contribution in [3.05, 3.63) is 40.5 Å². The van der Waals surface area contributed by atoms with Gasteiger partial charge >= 0.3 is 0 Å². The molecule has 18 heavy (non-hydrogen) atoms. The maximum Gasteiger partial charge on any atom is 0.259 e. The third-order valence-corrected chi connectivity index (χ3v) is 2.75. The van der Waals surface area contributed by atoms with Crippen LogP contribution in [0.4, 0.5) is 11.6 Å². The van der Waals surface area contributed by atoms with Gasteiger partial charge in [-0.15, -0.1) is 0 Å². The van der Waals surface area contributed by atoms with Crippen molar-refractivity contribution >= 4 is 22.4 Å². The lowest BCUT2D eigenvalue weighted by Gasteiger charge is -2.10. The van der Waals surface area contributed by atoms with E-state index in [2.05, 4.69) is 20.6 Å². The Kier molecular flexibility index (Phi) is 3.32. The van der Waals surface area contributed by atoms with Crippen LogP contribution in [0.3, 0.4) is 0 Å². The van der Waals surface area contributed by atoms with E-state index in [1.54, 1.807) is 13.2 Å². The molecular weight excluding hydrogens is 228 g/mol. The van der Waals surface area contributed by atoms with E-state index in [1.165, 1.54) is 0 Å². The Morgan fingerprint density at radius 1 is 1.50 bits per heavy atom. The van der Waals surface area contributed by atoms with Gasteiger partial charge in [-0.25, -0.2) is 4.98 Å². The minimum atomic E-state index is -0.140. The molecule has 0 aromatic carbocycles. The monoisotopic (exact) mass is 244 g/mol. The zero-order valence-corrected chi connectivity index (χ0v) is 10.7. The first kappa shape index (κ1) is 12.2. The highest BCUT2D eigenvalue weighted by Gasteiger charge is 2.08. The van der Waals surface area contributed by atoms with Gasteiger partial charge in [-0.1, -0.05) is 6.08 Å². The van der Waals surface area contributed by atoms with Gasteiger partial charge in [0.1, 0.15) is 11.6 Å². The van der Waals surface area contributed by atoms with Crippen LogP contribution in [0.1, 0.15) is 13.8 Å². The molecule has 5 nitrogen and oxygen atoms in total. The average Bonchev–Trinajstić information content (AvgIpc) is 2.37. The number of rotatable bonds is 3. The summed E-state index contributed by atoms with van der Waals surface area (Å²) in [4.78, 5) is 18.8. The smallest absolute Gasteiger partial charge is 0.259 e. The van der Waals surface area contributed by atoms with Crippen LogP contribution in [-0.4, -0.2) is 17.0 Å². The zero-order valence-electron chi connectivity index (χ0n) is 10.7. The Hall–Kier alpha value is -2.30. The summed E-state index contributed by atoms with van der Waals surface area (Å²) in [6.07, 6.45) is 3.60. The molecule has 3 N–H and O–H groups in total. The van der Waals surface area contributed by atoms with Gasteiger partial charge in [0.05, 0.1) is 5.39 Å². The van der Waals surface area contributed by atoms with E-state index in [0.717, 1.165) is 11.1 Å². The van der Waals surface area contributed by atoms with Crippen LogP contribution in [0, 0.1) is 0 Å². The maximum absolute atomic E-state index is 11.8. The lowest BCUT2D eigenvalue weighted by Crippen LogP contribution is -2.10. The molecule has 0 aliphatic rings. The second kappa shape index (κ2) is 4.91. The number of aromatic nitrogens is 2. The van der Waals surface area contributed by atoms with Crippen LogP contribution in [-0.2, 0) is 0 Å². The van der Waals surface area contributed by atoms with Crippen LogP contribution in [0.15, 0.2) is 34.9 Å². The minimum Gasteiger partial charge on any atom is -0.372 e. The minimum absolute atomic E-state index is 0.140. The van der Waals surface area contributed by atoms with Gasteiger partial charge in [0.15, 0.2) is 0 Å². The van der Waals surface area contributed by atoms with Crippen LogP contribution < -0.4 is 16.2 Å². The van der Waals surface area contributed by atoms with E-state index in [4.69, 9.17) is 0 Å². The fraction of sp³-hybridized carbons (Fsp3) is 0.231. The highest BCUT2D eigenvalue weighted by molar-refractivity contribution is 5.93. The largest absolute Gasteiger partial charge is 0.372 e. The standard InChI is InChI=1S/C13H16N4O/c1-4-8(2)16-10-7-9-5-6-15-13(18)11(9)12(14-3)17-10/h4-7H,1-3H3,(H,15,18)(H2,14,16,17)/b8-4+. The molecule has 94 valence electrons. The number of hydrogen-bond donors (Lipinski definition) is 3. The van der Waals surface area contributed by atoms with Gasteiger partial charge in [-0.05, 0) is 31.4 Å². The molecule has 2 heterocycles. The Morgan fingerprint density at radius 2 is 2.28 bits per heavy atom. The van der Waals surface area contributed by atoms with E-state index in [9.17, 15) is 4.79 Å². The van der Waals surface area contributed by atoms with Crippen molar-refractivity contribution in [2.75, 3.05) is 17.7 Å². The van der Waals surface area contributed by atoms with Gasteiger partial charge in [0.25, 0.3) is 5.56 Å². The maximum atomic E-state index is 11.8. The van der Waals surface area contributed by atoms with Crippen molar-refractivity contribution in [3.63, 3.8) is 0 Å². The molecule has 0 bridgehead atoms. The normalized spacial score (nSPS) is 11.6. The molecule has 0 saturated heterocycles. The summed E-state index contributed by atoms with van der Waals surface area (Å²) in [5.74, 6) is 1.29. The number of allylic oxidation sites excluding steroid dienone is 2. The second-order valence-electron chi connectivity index (χ2n) is 3.97. The van der Waals surface area contributed by atoms with Gasteiger partial charge in [-0.2, -0.15) is 0 Å². The van der Waals surface area contributed by atoms with Crippen molar-refractivity contribution in [2.24, 2.45) is 0 Å². The molecular formula is C13H16N4O. The molecule has 0 radical (unpaired) electrons. The molecule has 0 amide bonds. The average molecular weight is 244 g/mol. The molecule has 0 atom stereocenters. The van der Waals surface area contributed by atoms with Crippen LogP contribution in [0.5, 0.6) is 0 Å². The first-order valence-electron chi connectivity index (χ1n) is 5.76. The van der Waals surface area contributed by atoms with Gasteiger partial charge < -0.3 is 15.6 Å². The third kappa shape index (κ3) is 2.20. The summed E-state index contributed by atoms with van der Waals surface area (Å²) in [6.45, 7) is 3.91. The first-order valence-corrected chi connectivity index (χ1v) is 5.76. The SMILES string of the molecule is C/C=C(\C)Nc1cc2cc[nH]c(=O)c2c(NC)n1. The Labute approximate surface area is 105 Å². The topological polar surface area (TPSA) is 69.8 Å². The van der Waals surface area contributed by atoms with Gasteiger partial charge in [0.2, 0.25) is 0 Å². The van der Waals surface area contributed by atoms with Crippen LogP contribution in [0.2, 0.25) is 0 Å². The van der Waals surface area contributed by atoms with Crippen LogP contribution >= 0.6 is 0 Å². The van der Waals surface area contributed by atoms with E-state index < -0.39 is 0 Å². The summed E-state index contributed by atoms with van der Waals surface area (Å²) in [5, 5.41) is 7.55.